The summed E-state index contributed by atoms with van der Waals surface area (Å²) < 4.78 is 18.7. The number of carbonyl (C=O) groups excluding carboxylic acids is 3. The molecule has 196 valence electrons. The van der Waals surface area contributed by atoms with Crippen molar-refractivity contribution in [2.75, 3.05) is 39.8 Å². The van der Waals surface area contributed by atoms with Crippen LogP contribution in [0.2, 0.25) is 5.02 Å². The fourth-order valence-electron chi connectivity index (χ4n) is 4.79. The highest BCUT2D eigenvalue weighted by molar-refractivity contribution is 6.31. The van der Waals surface area contributed by atoms with Crippen molar-refractivity contribution in [3.05, 3.63) is 81.8 Å². The van der Waals surface area contributed by atoms with E-state index in [1.807, 2.05) is 6.92 Å². The number of carbonyl (C=O) groups is 3. The van der Waals surface area contributed by atoms with Crippen molar-refractivity contribution in [2.45, 2.75) is 25.9 Å². The third-order valence-corrected chi connectivity index (χ3v) is 7.07. The first-order valence-electron chi connectivity index (χ1n) is 12.2. The van der Waals surface area contributed by atoms with Crippen LogP contribution in [0.3, 0.4) is 0 Å². The van der Waals surface area contributed by atoms with Crippen molar-refractivity contribution >= 4 is 29.5 Å². The zero-order valence-corrected chi connectivity index (χ0v) is 21.8. The molecule has 0 aliphatic carbocycles. The number of amides is 3. The van der Waals surface area contributed by atoms with Gasteiger partial charge in [-0.1, -0.05) is 29.8 Å². The standard InChI is InChI=1S/C27H30ClFN4O4/c1-4-37-26(35)23-22(31(3)27(36)30-24(23)20-7-5-6-8-21(20)28)16-32-13-14-33(17(2)15-32)25(34)18-9-11-19(29)12-10-18/h5-12,17,24H,4,13-16H2,1-3H3,(H,30,36)/t17-,24+/m1/s1. The van der Waals surface area contributed by atoms with E-state index in [0.29, 0.717) is 53.6 Å². The summed E-state index contributed by atoms with van der Waals surface area (Å²) in [6, 6.07) is 11.3. The molecular weight excluding hydrogens is 499 g/mol. The lowest BCUT2D eigenvalue weighted by atomic mass is 9.94. The molecule has 0 spiro atoms. The number of rotatable bonds is 6. The van der Waals surface area contributed by atoms with E-state index in [0.717, 1.165) is 0 Å². The molecule has 2 heterocycles. The fraction of sp³-hybridized carbons (Fsp3) is 0.370. The molecule has 4 rings (SSSR count). The summed E-state index contributed by atoms with van der Waals surface area (Å²) in [5.41, 5.74) is 1.89. The second kappa shape index (κ2) is 11.3. The van der Waals surface area contributed by atoms with Crippen LogP contribution in [0.15, 0.2) is 59.8 Å². The predicted octanol–water partition coefficient (Wildman–Crippen LogP) is 3.84. The van der Waals surface area contributed by atoms with Crippen LogP contribution in [-0.4, -0.2) is 78.5 Å². The molecule has 0 saturated carbocycles. The summed E-state index contributed by atoms with van der Waals surface area (Å²) in [4.78, 5) is 44.4. The predicted molar refractivity (Wildman–Crippen MR) is 137 cm³/mol. The number of nitrogens with one attached hydrogen (secondary N) is 1. The number of ether oxygens (including phenoxy) is 1. The number of benzene rings is 2. The number of nitrogens with zero attached hydrogens (tertiary/aromatic N) is 3. The van der Waals surface area contributed by atoms with Gasteiger partial charge in [0.2, 0.25) is 0 Å². The first-order chi connectivity index (χ1) is 17.7. The summed E-state index contributed by atoms with van der Waals surface area (Å²) in [6.45, 7) is 5.67. The van der Waals surface area contributed by atoms with Crippen LogP contribution in [0.4, 0.5) is 9.18 Å². The van der Waals surface area contributed by atoms with Gasteiger partial charge in [0.25, 0.3) is 5.91 Å². The van der Waals surface area contributed by atoms with E-state index in [1.54, 1.807) is 43.1 Å². The van der Waals surface area contributed by atoms with Gasteiger partial charge in [0, 0.05) is 55.6 Å². The third kappa shape index (κ3) is 5.62. The molecule has 0 bridgehead atoms. The minimum absolute atomic E-state index is 0.139. The van der Waals surface area contributed by atoms with Gasteiger partial charge in [0.05, 0.1) is 18.2 Å². The van der Waals surface area contributed by atoms with Gasteiger partial charge in [-0.05, 0) is 49.7 Å². The van der Waals surface area contributed by atoms with Gasteiger partial charge in [0.15, 0.2) is 0 Å². The number of likely N-dealkylation sites (N-methyl/N-ethyl adjacent to an activating group) is 1. The Balaban J connectivity index is 1.60. The van der Waals surface area contributed by atoms with E-state index in [9.17, 15) is 18.8 Å². The van der Waals surface area contributed by atoms with Gasteiger partial charge in [0.1, 0.15) is 5.82 Å². The summed E-state index contributed by atoms with van der Waals surface area (Å²) in [6.07, 6.45) is 0. The number of esters is 1. The van der Waals surface area contributed by atoms with Crippen molar-refractivity contribution in [1.82, 2.24) is 20.0 Å². The van der Waals surface area contributed by atoms with Gasteiger partial charge in [-0.15, -0.1) is 0 Å². The molecule has 0 unspecified atom stereocenters. The number of hydrogen-bond donors (Lipinski definition) is 1. The molecule has 2 aromatic carbocycles. The first kappa shape index (κ1) is 26.6. The van der Waals surface area contributed by atoms with Gasteiger partial charge >= 0.3 is 12.0 Å². The van der Waals surface area contributed by atoms with Crippen molar-refractivity contribution in [3.63, 3.8) is 0 Å². The van der Waals surface area contributed by atoms with Crippen LogP contribution >= 0.6 is 11.6 Å². The van der Waals surface area contributed by atoms with Crippen molar-refractivity contribution in [2.24, 2.45) is 0 Å². The van der Waals surface area contributed by atoms with Crippen LogP contribution in [0, 0.1) is 5.82 Å². The molecule has 0 radical (unpaired) electrons. The topological polar surface area (TPSA) is 82.2 Å². The molecule has 3 amide bonds. The van der Waals surface area contributed by atoms with Crippen molar-refractivity contribution in [3.8, 4) is 0 Å². The normalized spacial score (nSPS) is 20.6. The largest absolute Gasteiger partial charge is 0.463 e. The van der Waals surface area contributed by atoms with Crippen molar-refractivity contribution in [1.29, 1.82) is 0 Å². The average Bonchev–Trinajstić information content (AvgIpc) is 2.87. The molecule has 2 aliphatic heterocycles. The Labute approximate surface area is 220 Å². The molecular formula is C27H30ClFN4O4. The smallest absolute Gasteiger partial charge is 0.338 e. The highest BCUT2D eigenvalue weighted by atomic mass is 35.5. The van der Waals surface area contributed by atoms with E-state index in [2.05, 4.69) is 10.2 Å². The van der Waals surface area contributed by atoms with E-state index in [-0.39, 0.29) is 24.6 Å². The summed E-state index contributed by atoms with van der Waals surface area (Å²) in [5, 5.41) is 3.31. The molecule has 2 aromatic rings. The van der Waals surface area contributed by atoms with Crippen LogP contribution in [0.5, 0.6) is 0 Å². The molecule has 37 heavy (non-hydrogen) atoms. The Kier molecular flexibility index (Phi) is 8.14. The number of urea groups is 1. The second-order valence-electron chi connectivity index (χ2n) is 9.13. The Hall–Kier alpha value is -3.43. The number of hydrogen-bond acceptors (Lipinski definition) is 5. The maximum Gasteiger partial charge on any atom is 0.338 e. The SMILES string of the molecule is CCOC(=O)C1=C(CN2CCN(C(=O)c3ccc(F)cc3)[C@H](C)C2)N(C)C(=O)N[C@H]1c1ccccc1Cl. The molecule has 10 heteroatoms. The van der Waals surface area contributed by atoms with Gasteiger partial charge in [-0.3, -0.25) is 14.6 Å². The van der Waals surface area contributed by atoms with Crippen molar-refractivity contribution < 1.29 is 23.5 Å². The van der Waals surface area contributed by atoms with Crippen LogP contribution in [0.1, 0.15) is 35.8 Å². The summed E-state index contributed by atoms with van der Waals surface area (Å²) in [5.74, 6) is -1.07. The maximum atomic E-state index is 13.3. The minimum Gasteiger partial charge on any atom is -0.463 e. The van der Waals surface area contributed by atoms with Crippen LogP contribution in [-0.2, 0) is 9.53 Å². The lowest BCUT2D eigenvalue weighted by molar-refractivity contribution is -0.139. The van der Waals surface area contributed by atoms with E-state index in [4.69, 9.17) is 16.3 Å². The van der Waals surface area contributed by atoms with Gasteiger partial charge in [-0.25, -0.2) is 14.0 Å². The summed E-state index contributed by atoms with van der Waals surface area (Å²) >= 11 is 6.44. The highest BCUT2D eigenvalue weighted by Crippen LogP contribution is 2.35. The molecule has 1 N–H and O–H groups in total. The van der Waals surface area contributed by atoms with Crippen LogP contribution in [0.25, 0.3) is 0 Å². The van der Waals surface area contributed by atoms with E-state index < -0.39 is 17.8 Å². The van der Waals surface area contributed by atoms with E-state index >= 15 is 0 Å². The zero-order valence-electron chi connectivity index (χ0n) is 21.0. The molecule has 1 fully saturated rings. The number of piperazine rings is 1. The molecule has 0 aromatic heterocycles. The molecule has 2 aliphatic rings. The minimum atomic E-state index is -0.759. The lowest BCUT2D eigenvalue weighted by Crippen LogP contribution is -2.56. The summed E-state index contributed by atoms with van der Waals surface area (Å²) in [7, 11) is 1.62. The Bertz CT molecular complexity index is 1220. The Morgan fingerprint density at radius 1 is 1.14 bits per heavy atom. The zero-order chi connectivity index (χ0) is 26.7. The fourth-order valence-corrected chi connectivity index (χ4v) is 5.03. The number of halogens is 2. The van der Waals surface area contributed by atoms with E-state index in [1.165, 1.54) is 29.2 Å². The second-order valence-corrected chi connectivity index (χ2v) is 9.54. The maximum absolute atomic E-state index is 13.3. The Morgan fingerprint density at radius 2 is 1.84 bits per heavy atom. The van der Waals surface area contributed by atoms with Gasteiger partial charge < -0.3 is 15.0 Å². The molecule has 2 atom stereocenters. The van der Waals surface area contributed by atoms with Gasteiger partial charge in [-0.2, -0.15) is 0 Å². The quantitative estimate of drug-likeness (QED) is 0.576. The van der Waals surface area contributed by atoms with Crippen LogP contribution < -0.4 is 5.32 Å². The Morgan fingerprint density at radius 3 is 2.49 bits per heavy atom. The average molecular weight is 529 g/mol. The monoisotopic (exact) mass is 528 g/mol. The third-order valence-electron chi connectivity index (χ3n) is 6.73. The lowest BCUT2D eigenvalue weighted by Gasteiger charge is -2.42. The highest BCUT2D eigenvalue weighted by Gasteiger charge is 2.39. The first-order valence-corrected chi connectivity index (χ1v) is 12.6. The molecule has 1 saturated heterocycles. The molecule has 8 nitrogen and oxygen atoms in total.